The first-order chi connectivity index (χ1) is 7.86. The zero-order valence-electron chi connectivity index (χ0n) is 8.87. The molecule has 0 unspecified atom stereocenters. The van der Waals surface area contributed by atoms with E-state index in [-0.39, 0.29) is 0 Å². The van der Waals surface area contributed by atoms with E-state index in [0.29, 0.717) is 6.54 Å². The molecule has 1 aromatic heterocycles. The highest BCUT2D eigenvalue weighted by atomic mass is 35.7. The standard InChI is InChI=1S/C7H10ClN3O4S2/c1-16-4-2-3-10-5-6(17(8,14)15)7(9-10)11(12)13/h5H,2-4H2,1H3. The number of aryl methyl sites for hydroxylation is 1. The molecule has 1 aromatic rings. The fourth-order valence-corrected chi connectivity index (χ4v) is 2.50. The number of hydrogen-bond acceptors (Lipinski definition) is 6. The van der Waals surface area contributed by atoms with Crippen molar-refractivity contribution < 1.29 is 13.3 Å². The minimum Gasteiger partial charge on any atom is -0.358 e. The predicted molar refractivity (Wildman–Crippen MR) is 64.9 cm³/mol. The Bertz CT molecular complexity index is 513. The minimum absolute atomic E-state index is 0.411. The van der Waals surface area contributed by atoms with Crippen molar-refractivity contribution in [1.82, 2.24) is 9.78 Å². The highest BCUT2D eigenvalue weighted by Gasteiger charge is 2.29. The van der Waals surface area contributed by atoms with Gasteiger partial charge in [-0.2, -0.15) is 16.4 Å². The van der Waals surface area contributed by atoms with E-state index in [2.05, 4.69) is 5.10 Å². The van der Waals surface area contributed by atoms with Crippen molar-refractivity contribution >= 4 is 37.3 Å². The molecule has 7 nitrogen and oxygen atoms in total. The molecule has 0 radical (unpaired) electrons. The lowest BCUT2D eigenvalue weighted by atomic mass is 10.5. The average molecular weight is 300 g/mol. The second kappa shape index (κ2) is 5.69. The summed E-state index contributed by atoms with van der Waals surface area (Å²) in [5.41, 5.74) is 0. The van der Waals surface area contributed by atoms with Gasteiger partial charge in [0.1, 0.15) is 0 Å². The Balaban J connectivity index is 3.01. The van der Waals surface area contributed by atoms with Crippen molar-refractivity contribution in [2.75, 3.05) is 12.0 Å². The van der Waals surface area contributed by atoms with Crippen LogP contribution in [0.4, 0.5) is 5.82 Å². The number of halogens is 1. The van der Waals surface area contributed by atoms with Crippen molar-refractivity contribution in [3.05, 3.63) is 16.3 Å². The highest BCUT2D eigenvalue weighted by Crippen LogP contribution is 2.25. The molecule has 0 spiro atoms. The molecule has 0 aromatic carbocycles. The summed E-state index contributed by atoms with van der Waals surface area (Å²) >= 11 is 1.62. The fraction of sp³-hybridized carbons (Fsp3) is 0.571. The van der Waals surface area contributed by atoms with Gasteiger partial charge in [0, 0.05) is 10.7 Å². The average Bonchev–Trinajstić information content (AvgIpc) is 2.62. The number of rotatable bonds is 6. The maximum atomic E-state index is 11.1. The molecule has 0 saturated carbocycles. The summed E-state index contributed by atoms with van der Waals surface area (Å²) in [5.74, 6) is 0.125. The largest absolute Gasteiger partial charge is 0.410 e. The van der Waals surface area contributed by atoms with Gasteiger partial charge in [-0.25, -0.2) is 8.42 Å². The van der Waals surface area contributed by atoms with E-state index < -0.39 is 24.7 Å². The normalized spacial score (nSPS) is 11.6. The monoisotopic (exact) mass is 299 g/mol. The van der Waals surface area contributed by atoms with Crippen LogP contribution in [0.25, 0.3) is 0 Å². The number of nitrogens with zero attached hydrogens (tertiary/aromatic N) is 3. The second-order valence-corrected chi connectivity index (χ2v) is 6.64. The lowest BCUT2D eigenvalue weighted by Gasteiger charge is -1.94. The molecule has 1 rings (SSSR count). The van der Waals surface area contributed by atoms with E-state index in [1.807, 2.05) is 6.26 Å². The van der Waals surface area contributed by atoms with Gasteiger partial charge in [-0.05, 0) is 23.4 Å². The maximum absolute atomic E-state index is 11.1. The summed E-state index contributed by atoms with van der Waals surface area (Å²) in [4.78, 5) is 9.19. The summed E-state index contributed by atoms with van der Waals surface area (Å²) in [7, 11) is 0.947. The summed E-state index contributed by atoms with van der Waals surface area (Å²) in [5, 5.41) is 14.2. The van der Waals surface area contributed by atoms with Crippen LogP contribution in [-0.4, -0.2) is 35.1 Å². The van der Waals surface area contributed by atoms with Gasteiger partial charge in [0.25, 0.3) is 9.05 Å². The Morgan fingerprint density at radius 2 is 2.29 bits per heavy atom. The van der Waals surface area contributed by atoms with Crippen molar-refractivity contribution in [2.45, 2.75) is 17.9 Å². The van der Waals surface area contributed by atoms with Crippen LogP contribution >= 0.6 is 22.4 Å². The van der Waals surface area contributed by atoms with Crippen LogP contribution in [0.1, 0.15) is 6.42 Å². The molecule has 96 valence electrons. The highest BCUT2D eigenvalue weighted by molar-refractivity contribution is 8.13. The zero-order valence-corrected chi connectivity index (χ0v) is 11.3. The number of thioether (sulfide) groups is 1. The Labute approximate surface area is 107 Å². The Morgan fingerprint density at radius 3 is 2.71 bits per heavy atom. The zero-order chi connectivity index (χ0) is 13.1. The number of aromatic nitrogens is 2. The molecule has 0 bridgehead atoms. The first kappa shape index (κ1) is 14.3. The van der Waals surface area contributed by atoms with E-state index in [9.17, 15) is 18.5 Å². The quantitative estimate of drug-likeness (QED) is 0.342. The van der Waals surface area contributed by atoms with Gasteiger partial charge in [0.15, 0.2) is 0 Å². The number of nitro groups is 1. The van der Waals surface area contributed by atoms with Crippen LogP contribution < -0.4 is 0 Å². The maximum Gasteiger partial charge on any atom is 0.410 e. The van der Waals surface area contributed by atoms with Gasteiger partial charge in [-0.3, -0.25) is 0 Å². The molecule has 0 aliphatic rings. The van der Waals surface area contributed by atoms with Crippen LogP contribution in [0, 0.1) is 10.1 Å². The SMILES string of the molecule is CSCCCn1cc(S(=O)(=O)Cl)c([N+](=O)[O-])n1. The van der Waals surface area contributed by atoms with Crippen LogP contribution in [0.2, 0.25) is 0 Å². The van der Waals surface area contributed by atoms with Gasteiger partial charge in [-0.15, -0.1) is 0 Å². The van der Waals surface area contributed by atoms with Crippen molar-refractivity contribution in [3.8, 4) is 0 Å². The third kappa shape index (κ3) is 3.86. The molecule has 0 atom stereocenters. The van der Waals surface area contributed by atoms with Crippen molar-refractivity contribution in [2.24, 2.45) is 0 Å². The van der Waals surface area contributed by atoms with E-state index >= 15 is 0 Å². The number of hydrogen-bond donors (Lipinski definition) is 0. The minimum atomic E-state index is -4.15. The molecule has 0 saturated heterocycles. The van der Waals surface area contributed by atoms with Gasteiger partial charge in [0.05, 0.1) is 17.8 Å². The summed E-state index contributed by atoms with van der Waals surface area (Å²) in [6, 6.07) is 0. The third-order valence-electron chi connectivity index (χ3n) is 1.88. The molecular formula is C7H10ClN3O4S2. The van der Waals surface area contributed by atoms with E-state index in [4.69, 9.17) is 10.7 Å². The molecule has 0 fully saturated rings. The van der Waals surface area contributed by atoms with Crippen molar-refractivity contribution in [3.63, 3.8) is 0 Å². The van der Waals surface area contributed by atoms with Crippen LogP contribution in [0.15, 0.2) is 11.1 Å². The van der Waals surface area contributed by atoms with E-state index in [1.165, 1.54) is 4.68 Å². The lowest BCUT2D eigenvalue weighted by Crippen LogP contribution is -2.00. The summed E-state index contributed by atoms with van der Waals surface area (Å²) in [6.45, 7) is 0.411. The molecule has 1 heterocycles. The predicted octanol–water partition coefficient (Wildman–Crippen LogP) is 1.47. The van der Waals surface area contributed by atoms with Crippen LogP contribution in [-0.2, 0) is 15.6 Å². The topological polar surface area (TPSA) is 95.1 Å². The van der Waals surface area contributed by atoms with E-state index in [1.54, 1.807) is 11.8 Å². The molecular weight excluding hydrogens is 290 g/mol. The molecule has 17 heavy (non-hydrogen) atoms. The van der Waals surface area contributed by atoms with E-state index in [0.717, 1.165) is 18.4 Å². The first-order valence-corrected chi connectivity index (χ1v) is 8.22. The Kier molecular flexibility index (Phi) is 4.78. The molecule has 10 heteroatoms. The smallest absolute Gasteiger partial charge is 0.358 e. The second-order valence-electron chi connectivity index (χ2n) is 3.12. The van der Waals surface area contributed by atoms with Crippen molar-refractivity contribution in [1.29, 1.82) is 0 Å². The van der Waals surface area contributed by atoms with Gasteiger partial charge >= 0.3 is 5.82 Å². The molecule has 0 aliphatic carbocycles. The molecule has 0 aliphatic heterocycles. The molecule has 0 amide bonds. The fourth-order valence-electron chi connectivity index (χ4n) is 1.18. The summed E-state index contributed by atoms with van der Waals surface area (Å²) < 4.78 is 23.4. The van der Waals surface area contributed by atoms with Crippen LogP contribution in [0.3, 0.4) is 0 Å². The molecule has 0 N–H and O–H groups in total. The summed E-state index contributed by atoms with van der Waals surface area (Å²) in [6.07, 6.45) is 3.75. The Hall–Kier alpha value is -0.800. The van der Waals surface area contributed by atoms with Gasteiger partial charge < -0.3 is 10.1 Å². The first-order valence-electron chi connectivity index (χ1n) is 4.51. The van der Waals surface area contributed by atoms with Crippen LogP contribution in [0.5, 0.6) is 0 Å². The van der Waals surface area contributed by atoms with Gasteiger partial charge in [0.2, 0.25) is 4.90 Å². The van der Waals surface area contributed by atoms with Gasteiger partial charge in [-0.1, -0.05) is 0 Å². The Morgan fingerprint density at radius 1 is 1.65 bits per heavy atom. The lowest BCUT2D eigenvalue weighted by molar-refractivity contribution is -0.392. The third-order valence-corrected chi connectivity index (χ3v) is 3.89.